The Morgan fingerprint density at radius 1 is 1.10 bits per heavy atom. The summed E-state index contributed by atoms with van der Waals surface area (Å²) in [6, 6.07) is 14.5. The van der Waals surface area contributed by atoms with E-state index in [-0.39, 0.29) is 16.7 Å². The highest BCUT2D eigenvalue weighted by atomic mass is 16.6. The standard InChI is InChI=1S/C23H27N5O2/c1-17-6-3-12-26-22(17)15-19(24)8-4-11-25-16-23-21(10-5-13-27-23)18-7-2-9-20(14-18)28(29)30/h2-3,5-7,9-10,12-14,19,25H,4,8,11,15-16,24H2,1H3. The van der Waals surface area contributed by atoms with Gasteiger partial charge in [0.1, 0.15) is 0 Å². The van der Waals surface area contributed by atoms with Crippen LogP contribution in [0.2, 0.25) is 0 Å². The number of nitrogens with one attached hydrogen (secondary N) is 1. The third kappa shape index (κ3) is 5.92. The van der Waals surface area contributed by atoms with Crippen LogP contribution >= 0.6 is 0 Å². The summed E-state index contributed by atoms with van der Waals surface area (Å²) in [4.78, 5) is 19.6. The lowest BCUT2D eigenvalue weighted by Gasteiger charge is -2.13. The summed E-state index contributed by atoms with van der Waals surface area (Å²) in [7, 11) is 0. The number of rotatable bonds is 10. The van der Waals surface area contributed by atoms with Crippen LogP contribution in [-0.4, -0.2) is 27.5 Å². The zero-order chi connectivity index (χ0) is 21.3. The van der Waals surface area contributed by atoms with Crippen LogP contribution in [0.5, 0.6) is 0 Å². The average Bonchev–Trinajstić information content (AvgIpc) is 2.75. The molecule has 0 spiro atoms. The molecule has 0 amide bonds. The molecule has 0 aliphatic heterocycles. The van der Waals surface area contributed by atoms with Crippen molar-refractivity contribution < 1.29 is 4.92 Å². The van der Waals surface area contributed by atoms with Crippen LogP contribution in [0.3, 0.4) is 0 Å². The molecule has 3 N–H and O–H groups in total. The molecule has 156 valence electrons. The molecule has 0 fully saturated rings. The predicted octanol–water partition coefficient (Wildman–Crippen LogP) is 3.80. The van der Waals surface area contributed by atoms with Gasteiger partial charge in [-0.25, -0.2) is 0 Å². The molecule has 1 aromatic carbocycles. The number of hydrogen-bond donors (Lipinski definition) is 2. The van der Waals surface area contributed by atoms with Gasteiger partial charge in [0.25, 0.3) is 5.69 Å². The Morgan fingerprint density at radius 2 is 1.87 bits per heavy atom. The topological polar surface area (TPSA) is 107 Å². The number of non-ortho nitro benzene ring substituents is 1. The molecule has 2 heterocycles. The summed E-state index contributed by atoms with van der Waals surface area (Å²) in [6.45, 7) is 3.47. The van der Waals surface area contributed by atoms with E-state index < -0.39 is 0 Å². The maximum atomic E-state index is 11.1. The predicted molar refractivity (Wildman–Crippen MR) is 118 cm³/mol. The van der Waals surface area contributed by atoms with E-state index in [9.17, 15) is 10.1 Å². The monoisotopic (exact) mass is 405 g/mol. The molecule has 3 rings (SSSR count). The molecule has 2 aromatic heterocycles. The third-order valence-electron chi connectivity index (χ3n) is 5.05. The summed E-state index contributed by atoms with van der Waals surface area (Å²) in [6.07, 6.45) is 6.18. The number of pyridine rings is 2. The van der Waals surface area contributed by atoms with Crippen LogP contribution in [0.25, 0.3) is 11.1 Å². The fourth-order valence-corrected chi connectivity index (χ4v) is 3.41. The molecule has 0 bridgehead atoms. The van der Waals surface area contributed by atoms with E-state index in [0.717, 1.165) is 48.3 Å². The van der Waals surface area contributed by atoms with E-state index in [4.69, 9.17) is 5.73 Å². The highest BCUT2D eigenvalue weighted by Crippen LogP contribution is 2.25. The van der Waals surface area contributed by atoms with Crippen molar-refractivity contribution in [2.24, 2.45) is 5.73 Å². The Labute approximate surface area is 176 Å². The Morgan fingerprint density at radius 3 is 2.63 bits per heavy atom. The Balaban J connectivity index is 1.50. The Kier molecular flexibility index (Phi) is 7.59. The first-order chi connectivity index (χ1) is 14.5. The quantitative estimate of drug-likeness (QED) is 0.302. The second-order valence-electron chi connectivity index (χ2n) is 7.36. The van der Waals surface area contributed by atoms with Crippen molar-refractivity contribution in [3.8, 4) is 11.1 Å². The molecule has 0 aliphatic carbocycles. The Bertz CT molecular complexity index is 993. The van der Waals surface area contributed by atoms with E-state index in [2.05, 4.69) is 28.3 Å². The highest BCUT2D eigenvalue weighted by Gasteiger charge is 2.11. The van der Waals surface area contributed by atoms with E-state index >= 15 is 0 Å². The highest BCUT2D eigenvalue weighted by molar-refractivity contribution is 5.68. The van der Waals surface area contributed by atoms with Gasteiger partial charge in [-0.15, -0.1) is 0 Å². The molecule has 7 heteroatoms. The summed E-state index contributed by atoms with van der Waals surface area (Å²) >= 11 is 0. The van der Waals surface area contributed by atoms with Crippen LogP contribution < -0.4 is 11.1 Å². The van der Waals surface area contributed by atoms with Crippen molar-refractivity contribution in [3.63, 3.8) is 0 Å². The smallest absolute Gasteiger partial charge is 0.270 e. The van der Waals surface area contributed by atoms with Crippen LogP contribution in [0.1, 0.15) is 29.8 Å². The maximum Gasteiger partial charge on any atom is 0.270 e. The van der Waals surface area contributed by atoms with Gasteiger partial charge >= 0.3 is 0 Å². The fourth-order valence-electron chi connectivity index (χ4n) is 3.41. The minimum absolute atomic E-state index is 0.0763. The summed E-state index contributed by atoms with van der Waals surface area (Å²) in [5, 5.41) is 14.5. The molecule has 0 aliphatic rings. The van der Waals surface area contributed by atoms with E-state index in [0.29, 0.717) is 6.54 Å². The second kappa shape index (κ2) is 10.6. The number of benzene rings is 1. The van der Waals surface area contributed by atoms with E-state index in [1.165, 1.54) is 11.6 Å². The van der Waals surface area contributed by atoms with Gasteiger partial charge in [0.15, 0.2) is 0 Å². The van der Waals surface area contributed by atoms with Gasteiger partial charge in [-0.1, -0.05) is 24.3 Å². The lowest BCUT2D eigenvalue weighted by molar-refractivity contribution is -0.384. The fraction of sp³-hybridized carbons (Fsp3) is 0.304. The lowest BCUT2D eigenvalue weighted by atomic mass is 10.0. The van der Waals surface area contributed by atoms with Crippen molar-refractivity contribution in [3.05, 3.63) is 88.0 Å². The molecule has 7 nitrogen and oxygen atoms in total. The van der Waals surface area contributed by atoms with Gasteiger partial charge in [-0.05, 0) is 49.6 Å². The lowest BCUT2D eigenvalue weighted by Crippen LogP contribution is -2.26. The van der Waals surface area contributed by atoms with Crippen molar-refractivity contribution in [1.82, 2.24) is 15.3 Å². The van der Waals surface area contributed by atoms with Crippen molar-refractivity contribution in [1.29, 1.82) is 0 Å². The molecule has 0 saturated heterocycles. The number of nitro groups is 1. The zero-order valence-electron chi connectivity index (χ0n) is 17.1. The van der Waals surface area contributed by atoms with Gasteiger partial charge < -0.3 is 11.1 Å². The first kappa shape index (κ1) is 21.5. The normalized spacial score (nSPS) is 11.9. The van der Waals surface area contributed by atoms with E-state index in [1.54, 1.807) is 18.3 Å². The first-order valence-electron chi connectivity index (χ1n) is 10.1. The van der Waals surface area contributed by atoms with E-state index in [1.807, 2.05) is 30.5 Å². The third-order valence-corrected chi connectivity index (χ3v) is 5.05. The van der Waals surface area contributed by atoms with Crippen LogP contribution in [0.4, 0.5) is 5.69 Å². The number of nitro benzene ring substituents is 1. The summed E-state index contributed by atoms with van der Waals surface area (Å²) in [5.74, 6) is 0. The van der Waals surface area contributed by atoms with Crippen LogP contribution in [-0.2, 0) is 13.0 Å². The van der Waals surface area contributed by atoms with Gasteiger partial charge in [0.05, 0.1) is 10.6 Å². The second-order valence-corrected chi connectivity index (χ2v) is 7.36. The van der Waals surface area contributed by atoms with Gasteiger partial charge in [0, 0.05) is 54.8 Å². The number of nitrogens with zero attached hydrogens (tertiary/aromatic N) is 3. The van der Waals surface area contributed by atoms with Crippen LogP contribution in [0.15, 0.2) is 60.9 Å². The minimum Gasteiger partial charge on any atom is -0.327 e. The number of aryl methyl sites for hydroxylation is 1. The number of hydrogen-bond acceptors (Lipinski definition) is 6. The number of nitrogens with two attached hydrogens (primary N) is 1. The zero-order valence-corrected chi connectivity index (χ0v) is 17.1. The molecule has 0 saturated carbocycles. The maximum absolute atomic E-state index is 11.1. The summed E-state index contributed by atoms with van der Waals surface area (Å²) < 4.78 is 0. The van der Waals surface area contributed by atoms with Gasteiger partial charge in [-0.3, -0.25) is 20.1 Å². The SMILES string of the molecule is Cc1cccnc1CC(N)CCCNCc1ncccc1-c1cccc([N+](=O)[O-])c1. The van der Waals surface area contributed by atoms with Crippen molar-refractivity contribution >= 4 is 5.69 Å². The number of aromatic nitrogens is 2. The van der Waals surface area contributed by atoms with Gasteiger partial charge in [0.2, 0.25) is 0 Å². The molecule has 30 heavy (non-hydrogen) atoms. The van der Waals surface area contributed by atoms with Crippen molar-refractivity contribution in [2.75, 3.05) is 6.54 Å². The molecular formula is C23H27N5O2. The van der Waals surface area contributed by atoms with Gasteiger partial charge in [-0.2, -0.15) is 0 Å². The summed E-state index contributed by atoms with van der Waals surface area (Å²) in [5.41, 5.74) is 11.1. The molecular weight excluding hydrogens is 378 g/mol. The Hall–Kier alpha value is -3.16. The average molecular weight is 406 g/mol. The first-order valence-corrected chi connectivity index (χ1v) is 10.1. The van der Waals surface area contributed by atoms with Crippen LogP contribution in [0, 0.1) is 17.0 Å². The largest absolute Gasteiger partial charge is 0.327 e. The molecule has 1 atom stereocenters. The molecule has 1 unspecified atom stereocenters. The van der Waals surface area contributed by atoms with Crippen molar-refractivity contribution in [2.45, 2.75) is 38.8 Å². The minimum atomic E-state index is -0.381. The molecule has 0 radical (unpaired) electrons. The molecule has 3 aromatic rings.